The van der Waals surface area contributed by atoms with Crippen LogP contribution >= 0.6 is 0 Å². The molecule has 2 N–H and O–H groups in total. The highest BCUT2D eigenvalue weighted by Gasteiger charge is 2.22. The van der Waals surface area contributed by atoms with E-state index in [0.29, 0.717) is 19.4 Å². The minimum atomic E-state index is -0.918. The minimum absolute atomic E-state index is 0.213. The molecule has 0 heterocycles. The summed E-state index contributed by atoms with van der Waals surface area (Å²) in [6.45, 7) is 5.62. The van der Waals surface area contributed by atoms with Gasteiger partial charge in [0.05, 0.1) is 6.04 Å². The number of amides is 2. The fourth-order valence-electron chi connectivity index (χ4n) is 2.41. The predicted molar refractivity (Wildman–Crippen MR) is 109 cm³/mol. The predicted octanol–water partition coefficient (Wildman–Crippen LogP) is 3.29. The van der Waals surface area contributed by atoms with Gasteiger partial charge in [0.2, 0.25) is 0 Å². The number of carbonyl (C=O) groups excluding carboxylic acids is 3. The molecule has 2 amide bonds. The second-order valence-corrected chi connectivity index (χ2v) is 7.34. The highest BCUT2D eigenvalue weighted by atomic mass is 16.6. The zero-order valence-corrected chi connectivity index (χ0v) is 17.2. The number of unbranched alkanes of at least 4 members (excludes halogenated alkanes) is 1. The number of carbonyl (C=O) groups is 3. The SMILES string of the molecule is CC(C)(C)OC(=O)NCCCCC(NC(=O)c1cccc(N=[N+]=[N-])c1)C(=O)C=[N+]=[N-]. The summed E-state index contributed by atoms with van der Waals surface area (Å²) in [7, 11) is 0. The van der Waals surface area contributed by atoms with Crippen LogP contribution in [0.5, 0.6) is 0 Å². The largest absolute Gasteiger partial charge is 0.444 e. The van der Waals surface area contributed by atoms with Crippen molar-refractivity contribution >= 4 is 29.7 Å². The second kappa shape index (κ2) is 12.0. The summed E-state index contributed by atoms with van der Waals surface area (Å²) in [6.07, 6.45) is 1.50. The standard InChI is InChI=1S/C19H25N7O4/c1-19(2,3)30-18(29)22-10-5-4-9-15(16(27)12-23-20)24-17(28)13-7-6-8-14(11-13)25-26-21/h6-8,11-12,15H,4-5,9-10H2,1-3H3,(H,22,29)(H,24,28). The first-order valence-electron chi connectivity index (χ1n) is 9.30. The Labute approximate surface area is 174 Å². The number of nitrogens with zero attached hydrogens (tertiary/aromatic N) is 5. The molecule has 0 saturated carbocycles. The summed E-state index contributed by atoms with van der Waals surface area (Å²) in [5, 5.41) is 8.63. The first kappa shape index (κ1) is 24.4. The van der Waals surface area contributed by atoms with Crippen LogP contribution in [0.3, 0.4) is 0 Å². The summed E-state index contributed by atoms with van der Waals surface area (Å²) in [5.41, 5.74) is 17.0. The normalized spacial score (nSPS) is 11.3. The summed E-state index contributed by atoms with van der Waals surface area (Å²) >= 11 is 0. The summed E-state index contributed by atoms with van der Waals surface area (Å²) in [6, 6.07) is 5.07. The van der Waals surface area contributed by atoms with Crippen molar-refractivity contribution in [3.8, 4) is 0 Å². The molecule has 0 fully saturated rings. The van der Waals surface area contributed by atoms with Gasteiger partial charge in [0.25, 0.3) is 11.7 Å². The lowest BCUT2D eigenvalue weighted by Crippen LogP contribution is -2.41. The van der Waals surface area contributed by atoms with E-state index in [0.717, 1.165) is 6.21 Å². The molecule has 160 valence electrons. The molecule has 11 nitrogen and oxygen atoms in total. The van der Waals surface area contributed by atoms with Gasteiger partial charge in [0.1, 0.15) is 5.60 Å². The maximum atomic E-state index is 12.5. The van der Waals surface area contributed by atoms with E-state index in [1.807, 2.05) is 0 Å². The lowest BCUT2D eigenvalue weighted by molar-refractivity contribution is -0.117. The Morgan fingerprint density at radius 1 is 1.23 bits per heavy atom. The lowest BCUT2D eigenvalue weighted by atomic mass is 10.0. The van der Waals surface area contributed by atoms with E-state index in [1.54, 1.807) is 26.8 Å². The molecule has 1 aromatic carbocycles. The van der Waals surface area contributed by atoms with Crippen LogP contribution in [0.15, 0.2) is 29.4 Å². The number of rotatable bonds is 10. The smallest absolute Gasteiger partial charge is 0.407 e. The molecule has 0 spiro atoms. The Kier molecular flexibility index (Phi) is 9.75. The molecular weight excluding hydrogens is 390 g/mol. The van der Waals surface area contributed by atoms with E-state index >= 15 is 0 Å². The highest BCUT2D eigenvalue weighted by Crippen LogP contribution is 2.15. The maximum Gasteiger partial charge on any atom is 0.407 e. The quantitative estimate of drug-likeness (QED) is 0.196. The molecule has 0 aliphatic carbocycles. The Balaban J connectivity index is 2.63. The van der Waals surface area contributed by atoms with Crippen LogP contribution < -0.4 is 10.6 Å². The van der Waals surface area contributed by atoms with Gasteiger partial charge in [-0.05, 0) is 57.7 Å². The molecule has 0 aromatic heterocycles. The summed E-state index contributed by atoms with van der Waals surface area (Å²) in [5.74, 6) is -1.11. The zero-order chi connectivity index (χ0) is 22.6. The molecule has 0 saturated heterocycles. The Hall–Kier alpha value is -3.68. The molecule has 0 bridgehead atoms. The second-order valence-electron chi connectivity index (χ2n) is 7.34. The molecule has 1 unspecified atom stereocenters. The van der Waals surface area contributed by atoms with Gasteiger partial charge in [-0.2, -0.15) is 4.79 Å². The van der Waals surface area contributed by atoms with E-state index in [4.69, 9.17) is 15.8 Å². The van der Waals surface area contributed by atoms with Gasteiger partial charge in [0, 0.05) is 22.7 Å². The van der Waals surface area contributed by atoms with Crippen molar-refractivity contribution in [3.63, 3.8) is 0 Å². The van der Waals surface area contributed by atoms with Crippen LogP contribution in [0.4, 0.5) is 10.5 Å². The lowest BCUT2D eigenvalue weighted by Gasteiger charge is -2.19. The van der Waals surface area contributed by atoms with Crippen LogP contribution in [-0.2, 0) is 9.53 Å². The van der Waals surface area contributed by atoms with E-state index in [9.17, 15) is 14.4 Å². The molecule has 0 radical (unpaired) electrons. The van der Waals surface area contributed by atoms with E-state index < -0.39 is 29.4 Å². The van der Waals surface area contributed by atoms with Gasteiger partial charge in [-0.25, -0.2) is 4.79 Å². The Bertz CT molecular complexity index is 866. The molecule has 0 aliphatic rings. The van der Waals surface area contributed by atoms with E-state index in [-0.39, 0.29) is 17.7 Å². The van der Waals surface area contributed by atoms with Crippen LogP contribution in [0.1, 0.15) is 50.4 Å². The Morgan fingerprint density at radius 2 is 1.97 bits per heavy atom. The average Bonchev–Trinajstić information content (AvgIpc) is 2.66. The van der Waals surface area contributed by atoms with Crippen molar-refractivity contribution in [2.24, 2.45) is 5.11 Å². The minimum Gasteiger partial charge on any atom is -0.444 e. The molecule has 30 heavy (non-hydrogen) atoms. The molecule has 1 rings (SSSR count). The van der Waals surface area contributed by atoms with E-state index in [1.165, 1.54) is 18.2 Å². The average molecular weight is 415 g/mol. The molecule has 0 aliphatic heterocycles. The van der Waals surface area contributed by atoms with Crippen molar-refractivity contribution in [3.05, 3.63) is 45.8 Å². The summed E-state index contributed by atoms with van der Waals surface area (Å²) in [4.78, 5) is 41.6. The van der Waals surface area contributed by atoms with Crippen LogP contribution in [-0.4, -0.2) is 47.0 Å². The third kappa shape index (κ3) is 9.50. The van der Waals surface area contributed by atoms with Gasteiger partial charge >= 0.3 is 12.3 Å². The number of ether oxygens (including phenoxy) is 1. The monoisotopic (exact) mass is 415 g/mol. The summed E-state index contributed by atoms with van der Waals surface area (Å²) < 4.78 is 5.13. The molecular formula is C19H25N7O4. The maximum absolute atomic E-state index is 12.5. The zero-order valence-electron chi connectivity index (χ0n) is 17.2. The van der Waals surface area contributed by atoms with Gasteiger partial charge in [-0.15, -0.1) is 0 Å². The van der Waals surface area contributed by atoms with Crippen molar-refractivity contribution in [2.45, 2.75) is 51.7 Å². The van der Waals surface area contributed by atoms with E-state index in [2.05, 4.69) is 25.4 Å². The molecule has 1 atom stereocenters. The fourth-order valence-corrected chi connectivity index (χ4v) is 2.41. The third-order valence-electron chi connectivity index (χ3n) is 3.69. The van der Waals surface area contributed by atoms with Gasteiger partial charge < -0.3 is 20.9 Å². The number of hydrogen-bond donors (Lipinski definition) is 2. The van der Waals surface area contributed by atoms with Crippen LogP contribution in [0.2, 0.25) is 0 Å². The first-order chi connectivity index (χ1) is 14.2. The van der Waals surface area contributed by atoms with Crippen molar-refractivity contribution in [2.75, 3.05) is 6.54 Å². The molecule has 1 aromatic rings. The number of benzene rings is 1. The highest BCUT2D eigenvalue weighted by molar-refractivity contribution is 6.28. The number of ketones is 1. The van der Waals surface area contributed by atoms with Crippen molar-refractivity contribution < 1.29 is 23.9 Å². The number of alkyl carbamates (subject to hydrolysis) is 1. The molecule has 11 heteroatoms. The van der Waals surface area contributed by atoms with Gasteiger partial charge in [0.15, 0.2) is 0 Å². The van der Waals surface area contributed by atoms with Crippen molar-refractivity contribution in [1.29, 1.82) is 0 Å². The topological polar surface area (TPSA) is 170 Å². The van der Waals surface area contributed by atoms with Crippen LogP contribution in [0, 0.1) is 0 Å². The fraction of sp³-hybridized carbons (Fsp3) is 0.474. The van der Waals surface area contributed by atoms with Crippen molar-refractivity contribution in [1.82, 2.24) is 10.6 Å². The number of hydrogen-bond acceptors (Lipinski definition) is 5. The van der Waals surface area contributed by atoms with Crippen LogP contribution in [0.25, 0.3) is 16.0 Å². The Morgan fingerprint density at radius 3 is 2.60 bits per heavy atom. The van der Waals surface area contributed by atoms with Gasteiger partial charge in [-0.3, -0.25) is 9.59 Å². The number of azide groups is 1. The first-order valence-corrected chi connectivity index (χ1v) is 9.30. The third-order valence-corrected chi connectivity index (χ3v) is 3.69. The van der Waals surface area contributed by atoms with Gasteiger partial charge in [-0.1, -0.05) is 17.2 Å². The number of nitrogens with one attached hydrogen (secondary N) is 2. The number of Topliss-reactive ketones (excluding diaryl/α,β-unsaturated/α-hetero) is 1.